The molecule has 4 aliphatic rings. The Hall–Kier alpha value is -2.28. The molecule has 2 aromatic carbocycles. The van der Waals surface area contributed by atoms with Crippen LogP contribution in [0.2, 0.25) is 0 Å². The van der Waals surface area contributed by atoms with Crippen molar-refractivity contribution in [3.63, 3.8) is 0 Å². The van der Waals surface area contributed by atoms with Crippen molar-refractivity contribution >= 4 is 0 Å². The van der Waals surface area contributed by atoms with E-state index in [0.29, 0.717) is 28.1 Å². The zero-order valence-electron chi connectivity index (χ0n) is 31.0. The minimum absolute atomic E-state index is 0. The van der Waals surface area contributed by atoms with Gasteiger partial charge in [-0.25, -0.2) is 0 Å². The fourth-order valence-electron chi connectivity index (χ4n) is 9.80. The van der Waals surface area contributed by atoms with Gasteiger partial charge < -0.3 is 5.32 Å². The number of hydrogen-bond donors (Lipinski definition) is 1. The maximum atomic E-state index is 4.32. The molecular formula is C45H73N. The summed E-state index contributed by atoms with van der Waals surface area (Å²) in [6.07, 6.45) is 18.8. The summed E-state index contributed by atoms with van der Waals surface area (Å²) in [6.45, 7) is 28.5. The highest BCUT2D eigenvalue weighted by molar-refractivity contribution is 5.42. The number of unbranched alkanes of at least 4 members (excludes halogenated alkanes) is 1. The lowest BCUT2D eigenvalue weighted by Gasteiger charge is -2.57. The topological polar surface area (TPSA) is 12.0 Å². The summed E-state index contributed by atoms with van der Waals surface area (Å²) < 4.78 is 0. The molecule has 0 saturated heterocycles. The fraction of sp³-hybridized carbons (Fsp3) is 0.644. The Morgan fingerprint density at radius 2 is 1.54 bits per heavy atom. The van der Waals surface area contributed by atoms with E-state index in [-0.39, 0.29) is 7.43 Å². The third kappa shape index (κ3) is 7.71. The molecule has 0 bridgehead atoms. The summed E-state index contributed by atoms with van der Waals surface area (Å²) in [6, 6.07) is 16.5. The molecule has 1 heteroatoms. The van der Waals surface area contributed by atoms with E-state index < -0.39 is 0 Å². The van der Waals surface area contributed by atoms with E-state index >= 15 is 0 Å². The maximum Gasteiger partial charge on any atom is 0.0108 e. The van der Waals surface area contributed by atoms with E-state index in [2.05, 4.69) is 95.6 Å². The Labute approximate surface area is 287 Å². The predicted molar refractivity (Wildman–Crippen MR) is 207 cm³/mol. The van der Waals surface area contributed by atoms with Gasteiger partial charge in [-0.3, -0.25) is 0 Å². The lowest BCUT2D eigenvalue weighted by molar-refractivity contribution is 0.0109. The van der Waals surface area contributed by atoms with E-state index in [1.807, 2.05) is 27.7 Å². The molecule has 2 fully saturated rings. The molecule has 6 rings (SSSR count). The minimum Gasteiger partial charge on any atom is -0.366 e. The highest BCUT2D eigenvalue weighted by Gasteiger charge is 2.53. The second-order valence-electron chi connectivity index (χ2n) is 14.7. The molecule has 6 atom stereocenters. The molecule has 0 aromatic heterocycles. The first-order chi connectivity index (χ1) is 21.7. The van der Waals surface area contributed by atoms with Crippen LogP contribution in [0, 0.1) is 23.2 Å². The monoisotopic (exact) mass is 628 g/mol. The number of hydrogen-bond acceptors (Lipinski definition) is 1. The number of rotatable bonds is 6. The molecule has 0 heterocycles. The van der Waals surface area contributed by atoms with Gasteiger partial charge in [0.05, 0.1) is 0 Å². The average Bonchev–Trinajstić information content (AvgIpc) is 3.07. The zero-order chi connectivity index (χ0) is 33.3. The molecular weight excluding hydrogens is 555 g/mol. The quantitative estimate of drug-likeness (QED) is 0.336. The van der Waals surface area contributed by atoms with Crippen molar-refractivity contribution in [3.05, 3.63) is 95.3 Å². The summed E-state index contributed by atoms with van der Waals surface area (Å²) in [4.78, 5) is 0. The van der Waals surface area contributed by atoms with E-state index in [4.69, 9.17) is 0 Å². The third-order valence-corrected chi connectivity index (χ3v) is 12.8. The van der Waals surface area contributed by atoms with E-state index in [1.165, 1.54) is 94.7 Å². The van der Waals surface area contributed by atoms with Crippen molar-refractivity contribution in [1.82, 2.24) is 5.32 Å². The minimum atomic E-state index is 0. The molecule has 1 N–H and O–H groups in total. The van der Waals surface area contributed by atoms with Crippen LogP contribution in [0.15, 0.2) is 67.5 Å². The SMILES string of the molecule is C.C=CNC(=C)C1CCCC2(C)c3cc(CCCC)ccc3CCC12.CC.CC.CC1CCC[C@]2(C)c3ccccc3CCC12C. The van der Waals surface area contributed by atoms with Crippen molar-refractivity contribution in [2.24, 2.45) is 23.2 Å². The maximum absolute atomic E-state index is 4.32. The Balaban J connectivity index is 0.000000295. The molecule has 0 spiro atoms. The molecule has 46 heavy (non-hydrogen) atoms. The molecule has 1 nitrogen and oxygen atoms in total. The first-order valence-corrected chi connectivity index (χ1v) is 18.9. The Morgan fingerprint density at radius 3 is 2.24 bits per heavy atom. The van der Waals surface area contributed by atoms with Crippen molar-refractivity contribution in [1.29, 1.82) is 0 Å². The van der Waals surface area contributed by atoms with Crippen LogP contribution in [0.3, 0.4) is 0 Å². The summed E-state index contributed by atoms with van der Waals surface area (Å²) in [5.41, 5.74) is 10.4. The zero-order valence-corrected chi connectivity index (χ0v) is 31.0. The Morgan fingerprint density at radius 1 is 0.870 bits per heavy atom. The van der Waals surface area contributed by atoms with Gasteiger partial charge in [-0.1, -0.05) is 151 Å². The standard InChI is InChI=1S/C23H33N.C17H24.2C2H6.CH4/c1-5-7-9-18-11-12-19-13-14-21-20(17(3)24-6-2)10-8-15-23(21,4)22(19)16-18;1-13-7-6-11-17(3)15-9-5-4-8-14(15)10-12-16(13,17)2;2*1-2;/h6,11-12,16,20-21,24H,2-3,5,7-10,13-15H2,1,4H3;4-5,8-9,13H,6-7,10-12H2,1-3H3;2*1-2H3;1H4/t;13?,16?,17-;;;/m.1.../s1. The number of allylic oxidation sites excluding steroid dienone is 1. The molecule has 0 amide bonds. The van der Waals surface area contributed by atoms with Crippen LogP contribution in [-0.4, -0.2) is 0 Å². The van der Waals surface area contributed by atoms with Crippen LogP contribution < -0.4 is 5.32 Å². The normalized spacial score (nSPS) is 30.2. The van der Waals surface area contributed by atoms with E-state index in [1.54, 1.807) is 28.5 Å². The molecule has 2 aromatic rings. The van der Waals surface area contributed by atoms with Crippen molar-refractivity contribution in [2.45, 2.75) is 164 Å². The number of fused-ring (bicyclic) bond motifs is 6. The van der Waals surface area contributed by atoms with Crippen LogP contribution in [0.25, 0.3) is 0 Å². The van der Waals surface area contributed by atoms with Gasteiger partial charge in [-0.2, -0.15) is 0 Å². The lowest BCUT2D eigenvalue weighted by atomic mass is 9.47. The molecule has 2 saturated carbocycles. The highest BCUT2D eigenvalue weighted by atomic mass is 14.9. The summed E-state index contributed by atoms with van der Waals surface area (Å²) in [7, 11) is 0. The Bertz CT molecular complexity index is 1240. The molecule has 5 unspecified atom stereocenters. The number of nitrogens with one attached hydrogen (secondary N) is 1. The second-order valence-corrected chi connectivity index (χ2v) is 14.7. The van der Waals surface area contributed by atoms with Gasteiger partial charge in [0.25, 0.3) is 0 Å². The second kappa shape index (κ2) is 17.8. The van der Waals surface area contributed by atoms with Gasteiger partial charge in [-0.15, -0.1) is 0 Å². The fourth-order valence-corrected chi connectivity index (χ4v) is 9.80. The summed E-state index contributed by atoms with van der Waals surface area (Å²) in [5, 5.41) is 3.30. The molecule has 0 radical (unpaired) electrons. The van der Waals surface area contributed by atoms with Crippen molar-refractivity contribution in [3.8, 4) is 0 Å². The van der Waals surface area contributed by atoms with E-state index in [9.17, 15) is 0 Å². The molecule has 4 aliphatic carbocycles. The first kappa shape index (κ1) is 39.9. The summed E-state index contributed by atoms with van der Waals surface area (Å²) >= 11 is 0. The van der Waals surface area contributed by atoms with Crippen molar-refractivity contribution < 1.29 is 0 Å². The van der Waals surface area contributed by atoms with Crippen LogP contribution in [0.5, 0.6) is 0 Å². The number of aryl methyl sites for hydroxylation is 3. The lowest BCUT2D eigenvalue weighted by Crippen LogP contribution is -2.51. The van der Waals surface area contributed by atoms with Crippen LogP contribution in [-0.2, 0) is 30.1 Å². The number of benzene rings is 2. The first-order valence-electron chi connectivity index (χ1n) is 18.9. The third-order valence-electron chi connectivity index (χ3n) is 12.8. The van der Waals surface area contributed by atoms with E-state index in [0.717, 1.165) is 5.92 Å². The van der Waals surface area contributed by atoms with Gasteiger partial charge in [0, 0.05) is 11.6 Å². The van der Waals surface area contributed by atoms with Gasteiger partial charge in [0.1, 0.15) is 0 Å². The Kier molecular flexibility index (Phi) is 15.4. The van der Waals surface area contributed by atoms with Crippen LogP contribution in [0.1, 0.15) is 162 Å². The van der Waals surface area contributed by atoms with Gasteiger partial charge in [-0.05, 0) is 120 Å². The average molecular weight is 628 g/mol. The largest absolute Gasteiger partial charge is 0.366 e. The van der Waals surface area contributed by atoms with Gasteiger partial charge in [0.15, 0.2) is 0 Å². The highest BCUT2D eigenvalue weighted by Crippen LogP contribution is 2.60. The summed E-state index contributed by atoms with van der Waals surface area (Å²) in [5.74, 6) is 2.16. The molecule has 0 aliphatic heterocycles. The van der Waals surface area contributed by atoms with Crippen molar-refractivity contribution in [2.75, 3.05) is 0 Å². The van der Waals surface area contributed by atoms with Gasteiger partial charge >= 0.3 is 0 Å². The van der Waals surface area contributed by atoms with Gasteiger partial charge in [0.2, 0.25) is 0 Å². The predicted octanol–water partition coefficient (Wildman–Crippen LogP) is 13.3. The van der Waals surface area contributed by atoms with Crippen LogP contribution >= 0.6 is 0 Å². The molecule has 258 valence electrons. The van der Waals surface area contributed by atoms with Crippen LogP contribution in [0.4, 0.5) is 0 Å². The smallest absolute Gasteiger partial charge is 0.0108 e.